The number of rotatable bonds is 3. The molecule has 24 heavy (non-hydrogen) atoms. The average molecular weight is 347 g/mol. The van der Waals surface area contributed by atoms with E-state index in [0.717, 1.165) is 18.4 Å². The second-order valence-corrected chi connectivity index (χ2v) is 7.25. The molecule has 0 spiro atoms. The summed E-state index contributed by atoms with van der Waals surface area (Å²) in [4.78, 5) is 12.2. The Morgan fingerprint density at radius 1 is 1.08 bits per heavy atom. The maximum atomic E-state index is 11.7. The second-order valence-electron chi connectivity index (χ2n) is 5.72. The molecule has 3 rings (SSSR count). The highest BCUT2D eigenvalue weighted by Crippen LogP contribution is 2.36. The third kappa shape index (κ3) is 3.10. The van der Waals surface area contributed by atoms with Gasteiger partial charge in [-0.2, -0.15) is 0 Å². The fraction of sp³-hybridized carbons (Fsp3) is 0.250. The number of aryl methyl sites for hydroxylation is 1. The summed E-state index contributed by atoms with van der Waals surface area (Å²) in [7, 11) is -4.18. The molecule has 0 fully saturated rings. The summed E-state index contributed by atoms with van der Waals surface area (Å²) in [5, 5.41) is 16.7. The van der Waals surface area contributed by atoms with E-state index >= 15 is 0 Å². The largest absolute Gasteiger partial charge is 0.362 e. The Hall–Kier alpha value is -2.45. The standard InChI is InChI=1S/C16H17N3O4S/c17-24(22,23)15-9-3-8-14(16(15)19(20)21)18-10-4-7-12-5-1-2-6-13(12)11-18/h1-3,5-6,8-9H,4,7,10-11H2,(H2,17,22,23). The van der Waals surface area contributed by atoms with Crippen molar-refractivity contribution >= 4 is 21.4 Å². The van der Waals surface area contributed by atoms with Gasteiger partial charge in [0.15, 0.2) is 4.90 Å². The van der Waals surface area contributed by atoms with Gasteiger partial charge in [-0.3, -0.25) is 10.1 Å². The van der Waals surface area contributed by atoms with Gasteiger partial charge in [-0.15, -0.1) is 0 Å². The lowest BCUT2D eigenvalue weighted by molar-refractivity contribution is -0.387. The minimum absolute atomic E-state index is 0.281. The van der Waals surface area contributed by atoms with Gasteiger partial charge < -0.3 is 4.90 Å². The number of hydrogen-bond acceptors (Lipinski definition) is 5. The van der Waals surface area contributed by atoms with E-state index in [9.17, 15) is 18.5 Å². The molecule has 0 aromatic heterocycles. The summed E-state index contributed by atoms with van der Waals surface area (Å²) >= 11 is 0. The van der Waals surface area contributed by atoms with Crippen LogP contribution in [-0.2, 0) is 23.0 Å². The molecule has 0 saturated heterocycles. The number of sulfonamides is 1. The molecular weight excluding hydrogens is 330 g/mol. The summed E-state index contributed by atoms with van der Waals surface area (Å²) in [5.74, 6) is 0. The number of para-hydroxylation sites is 1. The first-order chi connectivity index (χ1) is 11.4. The van der Waals surface area contributed by atoms with Crippen molar-refractivity contribution < 1.29 is 13.3 Å². The number of nitrogens with two attached hydrogens (primary N) is 1. The van der Waals surface area contributed by atoms with Gasteiger partial charge in [0.25, 0.3) is 0 Å². The normalized spacial score (nSPS) is 14.8. The van der Waals surface area contributed by atoms with Crippen LogP contribution >= 0.6 is 0 Å². The van der Waals surface area contributed by atoms with Crippen molar-refractivity contribution in [3.63, 3.8) is 0 Å². The van der Waals surface area contributed by atoms with Gasteiger partial charge in [-0.1, -0.05) is 30.3 Å². The number of nitro benzene ring substituents is 1. The van der Waals surface area contributed by atoms with Crippen LogP contribution in [0.4, 0.5) is 11.4 Å². The Bertz CT molecular complexity index is 896. The molecule has 0 saturated carbocycles. The molecule has 0 unspecified atom stereocenters. The van der Waals surface area contributed by atoms with Crippen molar-refractivity contribution in [2.45, 2.75) is 24.3 Å². The van der Waals surface area contributed by atoms with E-state index in [1.165, 1.54) is 17.7 Å². The van der Waals surface area contributed by atoms with E-state index in [-0.39, 0.29) is 5.69 Å². The Labute approximate surface area is 139 Å². The highest BCUT2D eigenvalue weighted by atomic mass is 32.2. The van der Waals surface area contributed by atoms with Crippen LogP contribution in [0.25, 0.3) is 0 Å². The van der Waals surface area contributed by atoms with Crippen molar-refractivity contribution in [2.24, 2.45) is 5.14 Å². The highest BCUT2D eigenvalue weighted by molar-refractivity contribution is 7.89. The van der Waals surface area contributed by atoms with Gasteiger partial charge in [0, 0.05) is 13.1 Å². The molecule has 8 heteroatoms. The number of hydrogen-bond donors (Lipinski definition) is 1. The molecule has 2 aromatic carbocycles. The number of fused-ring (bicyclic) bond motifs is 1. The zero-order valence-corrected chi connectivity index (χ0v) is 13.7. The first kappa shape index (κ1) is 16.4. The zero-order valence-electron chi connectivity index (χ0n) is 12.9. The molecule has 1 heterocycles. The lowest BCUT2D eigenvalue weighted by atomic mass is 10.0. The molecule has 1 aliphatic heterocycles. The lowest BCUT2D eigenvalue weighted by Gasteiger charge is -2.23. The average Bonchev–Trinajstić information content (AvgIpc) is 2.75. The molecule has 0 aliphatic carbocycles. The van der Waals surface area contributed by atoms with Crippen molar-refractivity contribution in [1.82, 2.24) is 0 Å². The first-order valence-electron chi connectivity index (χ1n) is 7.50. The van der Waals surface area contributed by atoms with Gasteiger partial charge >= 0.3 is 5.69 Å². The van der Waals surface area contributed by atoms with E-state index in [1.54, 1.807) is 6.07 Å². The molecular formula is C16H17N3O4S. The van der Waals surface area contributed by atoms with Gasteiger partial charge in [0.05, 0.1) is 4.92 Å². The van der Waals surface area contributed by atoms with Crippen LogP contribution in [0.2, 0.25) is 0 Å². The third-order valence-corrected chi connectivity index (χ3v) is 5.10. The van der Waals surface area contributed by atoms with Crippen LogP contribution in [0.15, 0.2) is 47.4 Å². The van der Waals surface area contributed by atoms with E-state index < -0.39 is 25.5 Å². The van der Waals surface area contributed by atoms with Crippen LogP contribution in [0.1, 0.15) is 17.5 Å². The molecule has 2 aromatic rings. The smallest absolute Gasteiger partial charge is 0.312 e. The van der Waals surface area contributed by atoms with E-state index in [1.807, 2.05) is 29.2 Å². The first-order valence-corrected chi connectivity index (χ1v) is 9.04. The minimum atomic E-state index is -4.18. The molecule has 0 atom stereocenters. The summed E-state index contributed by atoms with van der Waals surface area (Å²) in [5.41, 5.74) is 2.12. The summed E-state index contributed by atoms with van der Waals surface area (Å²) in [6.07, 6.45) is 1.71. The Kier molecular flexibility index (Phi) is 4.25. The predicted octanol–water partition coefficient (Wildman–Crippen LogP) is 2.20. The quantitative estimate of drug-likeness (QED) is 0.676. The van der Waals surface area contributed by atoms with Crippen molar-refractivity contribution in [1.29, 1.82) is 0 Å². The molecule has 7 nitrogen and oxygen atoms in total. The van der Waals surface area contributed by atoms with Crippen molar-refractivity contribution in [3.8, 4) is 0 Å². The predicted molar refractivity (Wildman–Crippen MR) is 90.3 cm³/mol. The van der Waals surface area contributed by atoms with Crippen LogP contribution in [0.5, 0.6) is 0 Å². The number of nitrogens with zero attached hydrogens (tertiary/aromatic N) is 2. The maximum Gasteiger partial charge on any atom is 0.312 e. The molecule has 0 amide bonds. The number of benzene rings is 2. The summed E-state index contributed by atoms with van der Waals surface area (Å²) in [6.45, 7) is 1.09. The molecule has 1 aliphatic rings. The Morgan fingerprint density at radius 3 is 2.46 bits per heavy atom. The lowest BCUT2D eigenvalue weighted by Crippen LogP contribution is -2.24. The Balaban J connectivity index is 2.11. The number of nitro groups is 1. The van der Waals surface area contributed by atoms with Crippen LogP contribution < -0.4 is 10.0 Å². The van der Waals surface area contributed by atoms with Gasteiger partial charge in [-0.05, 0) is 36.1 Å². The summed E-state index contributed by atoms with van der Waals surface area (Å²) in [6, 6.07) is 12.2. The number of primary sulfonamides is 1. The maximum absolute atomic E-state index is 11.7. The molecule has 0 radical (unpaired) electrons. The second kappa shape index (κ2) is 6.21. The van der Waals surface area contributed by atoms with Gasteiger partial charge in [0.2, 0.25) is 10.0 Å². The van der Waals surface area contributed by atoms with E-state index in [4.69, 9.17) is 5.14 Å². The van der Waals surface area contributed by atoms with Crippen molar-refractivity contribution in [2.75, 3.05) is 11.4 Å². The van der Waals surface area contributed by atoms with Gasteiger partial charge in [-0.25, -0.2) is 13.6 Å². The third-order valence-electron chi connectivity index (χ3n) is 4.16. The fourth-order valence-electron chi connectivity index (χ4n) is 3.09. The highest BCUT2D eigenvalue weighted by Gasteiger charge is 2.30. The molecule has 126 valence electrons. The van der Waals surface area contributed by atoms with E-state index in [2.05, 4.69) is 0 Å². The van der Waals surface area contributed by atoms with Gasteiger partial charge in [0.1, 0.15) is 5.69 Å². The zero-order chi connectivity index (χ0) is 17.3. The van der Waals surface area contributed by atoms with Crippen molar-refractivity contribution in [3.05, 3.63) is 63.7 Å². The number of anilines is 1. The van der Waals surface area contributed by atoms with E-state index in [0.29, 0.717) is 13.1 Å². The molecule has 2 N–H and O–H groups in total. The summed E-state index contributed by atoms with van der Waals surface area (Å²) < 4.78 is 23.4. The Morgan fingerprint density at radius 2 is 1.79 bits per heavy atom. The molecule has 0 bridgehead atoms. The van der Waals surface area contributed by atoms with Crippen LogP contribution in [0.3, 0.4) is 0 Å². The minimum Gasteiger partial charge on any atom is -0.362 e. The fourth-order valence-corrected chi connectivity index (χ4v) is 3.80. The SMILES string of the molecule is NS(=O)(=O)c1cccc(N2CCCc3ccccc3C2)c1[N+](=O)[O-]. The topological polar surface area (TPSA) is 107 Å². The van der Waals surface area contributed by atoms with Crippen LogP contribution in [-0.4, -0.2) is 19.9 Å². The monoisotopic (exact) mass is 347 g/mol. The van der Waals surface area contributed by atoms with Crippen LogP contribution in [0, 0.1) is 10.1 Å².